The van der Waals surface area contributed by atoms with E-state index in [0.717, 1.165) is 11.3 Å². The zero-order valence-corrected chi connectivity index (χ0v) is 11.6. The number of hydrogen-bond acceptors (Lipinski definition) is 4. The maximum atomic E-state index is 11.8. The smallest absolute Gasteiger partial charge is 0.272 e. The Morgan fingerprint density at radius 1 is 1.14 bits per heavy atom. The van der Waals surface area contributed by atoms with E-state index in [4.69, 9.17) is 0 Å². The molecule has 1 N–H and O–H groups in total. The van der Waals surface area contributed by atoms with Crippen molar-refractivity contribution in [3.05, 3.63) is 78.6 Å². The quantitative estimate of drug-likeness (QED) is 0.590. The van der Waals surface area contributed by atoms with E-state index < -0.39 is 0 Å². The summed E-state index contributed by atoms with van der Waals surface area (Å²) in [5.74, 6) is -0.292. The summed E-state index contributed by atoms with van der Waals surface area (Å²) in [6.07, 6.45) is 10.0. The lowest BCUT2D eigenvalue weighted by Gasteiger charge is -2.02. The van der Waals surface area contributed by atoms with Crippen LogP contribution in [0.1, 0.15) is 15.9 Å². The van der Waals surface area contributed by atoms with Crippen molar-refractivity contribution in [1.29, 1.82) is 0 Å². The highest BCUT2D eigenvalue weighted by molar-refractivity contribution is 5.94. The molecule has 0 unspecified atom stereocenters. The van der Waals surface area contributed by atoms with Gasteiger partial charge in [-0.05, 0) is 29.8 Å². The van der Waals surface area contributed by atoms with Crippen LogP contribution in [0.5, 0.6) is 0 Å². The number of rotatable bonds is 4. The van der Waals surface area contributed by atoms with Crippen molar-refractivity contribution in [1.82, 2.24) is 20.0 Å². The number of amides is 1. The summed E-state index contributed by atoms with van der Waals surface area (Å²) in [6, 6.07) is 11.1. The van der Waals surface area contributed by atoms with Gasteiger partial charge in [0, 0.05) is 30.5 Å². The highest BCUT2D eigenvalue weighted by Gasteiger charge is 2.02. The molecule has 0 bridgehead atoms. The Morgan fingerprint density at radius 3 is 2.68 bits per heavy atom. The van der Waals surface area contributed by atoms with Crippen LogP contribution in [0.4, 0.5) is 0 Å². The fourth-order valence-corrected chi connectivity index (χ4v) is 1.87. The molecule has 0 atom stereocenters. The minimum absolute atomic E-state index is 0.292. The van der Waals surface area contributed by atoms with E-state index in [-0.39, 0.29) is 5.91 Å². The van der Waals surface area contributed by atoms with Gasteiger partial charge in [-0.1, -0.05) is 12.1 Å². The lowest BCUT2D eigenvalue weighted by molar-refractivity contribution is 0.0955. The second kappa shape index (κ2) is 6.45. The van der Waals surface area contributed by atoms with E-state index in [1.54, 1.807) is 37.1 Å². The maximum absolute atomic E-state index is 11.8. The van der Waals surface area contributed by atoms with Crippen LogP contribution in [-0.2, 0) is 0 Å². The monoisotopic (exact) mass is 291 g/mol. The molecule has 0 spiro atoms. The summed E-state index contributed by atoms with van der Waals surface area (Å²) >= 11 is 0. The normalized spacial score (nSPS) is 10.7. The Labute approximate surface area is 127 Å². The number of nitrogens with zero attached hydrogens (tertiary/aromatic N) is 4. The number of pyridine rings is 1. The number of hydrogen-bond donors (Lipinski definition) is 1. The van der Waals surface area contributed by atoms with Crippen LogP contribution in [-0.4, -0.2) is 26.7 Å². The molecule has 6 heteroatoms. The van der Waals surface area contributed by atoms with Gasteiger partial charge in [-0.2, -0.15) is 5.10 Å². The van der Waals surface area contributed by atoms with E-state index >= 15 is 0 Å². The van der Waals surface area contributed by atoms with Crippen molar-refractivity contribution < 1.29 is 4.79 Å². The molecule has 0 saturated heterocycles. The largest absolute Gasteiger partial charge is 0.306 e. The molecule has 22 heavy (non-hydrogen) atoms. The van der Waals surface area contributed by atoms with Gasteiger partial charge in [0.1, 0.15) is 0 Å². The Hall–Kier alpha value is -3.28. The first-order valence-corrected chi connectivity index (χ1v) is 6.65. The van der Waals surface area contributed by atoms with Crippen LogP contribution in [0.25, 0.3) is 5.69 Å². The summed E-state index contributed by atoms with van der Waals surface area (Å²) in [6.45, 7) is 0. The van der Waals surface area contributed by atoms with Gasteiger partial charge in [-0.15, -0.1) is 0 Å². The van der Waals surface area contributed by atoms with Crippen LogP contribution in [0.15, 0.2) is 72.6 Å². The minimum Gasteiger partial charge on any atom is -0.306 e. The summed E-state index contributed by atoms with van der Waals surface area (Å²) < 4.78 is 1.91. The van der Waals surface area contributed by atoms with E-state index in [2.05, 4.69) is 20.5 Å². The number of imidazole rings is 1. The summed E-state index contributed by atoms with van der Waals surface area (Å²) in [5, 5.41) is 3.94. The average Bonchev–Trinajstić information content (AvgIpc) is 3.11. The topological polar surface area (TPSA) is 72.2 Å². The first-order chi connectivity index (χ1) is 10.8. The molecule has 1 aromatic carbocycles. The lowest BCUT2D eigenvalue weighted by Crippen LogP contribution is -2.17. The Kier molecular flexibility index (Phi) is 4.01. The van der Waals surface area contributed by atoms with Crippen molar-refractivity contribution in [2.24, 2.45) is 5.10 Å². The molecule has 1 amide bonds. The van der Waals surface area contributed by atoms with Crippen LogP contribution in [0.3, 0.4) is 0 Å². The van der Waals surface area contributed by atoms with Crippen LogP contribution in [0.2, 0.25) is 0 Å². The number of carbonyl (C=O) groups excluding carboxylic acids is 1. The van der Waals surface area contributed by atoms with Gasteiger partial charge in [-0.3, -0.25) is 9.78 Å². The Balaban J connectivity index is 1.62. The summed E-state index contributed by atoms with van der Waals surface area (Å²) in [7, 11) is 0. The second-order valence-electron chi connectivity index (χ2n) is 4.50. The van der Waals surface area contributed by atoms with E-state index in [9.17, 15) is 4.79 Å². The summed E-state index contributed by atoms with van der Waals surface area (Å²) in [4.78, 5) is 19.7. The molecule has 3 aromatic rings. The number of carbonyl (C=O) groups is 1. The van der Waals surface area contributed by atoms with Crippen LogP contribution < -0.4 is 5.43 Å². The third-order valence-electron chi connectivity index (χ3n) is 3.00. The number of hydrazone groups is 1. The highest BCUT2D eigenvalue weighted by Crippen LogP contribution is 2.07. The second-order valence-corrected chi connectivity index (χ2v) is 4.50. The van der Waals surface area contributed by atoms with Gasteiger partial charge >= 0.3 is 0 Å². The Morgan fingerprint density at radius 2 is 2.00 bits per heavy atom. The molecule has 108 valence electrons. The summed E-state index contributed by atoms with van der Waals surface area (Å²) in [5.41, 5.74) is 4.83. The van der Waals surface area contributed by atoms with Gasteiger partial charge in [0.15, 0.2) is 0 Å². The molecule has 0 radical (unpaired) electrons. The predicted molar refractivity (Wildman–Crippen MR) is 82.9 cm³/mol. The van der Waals surface area contributed by atoms with Crippen molar-refractivity contribution >= 4 is 12.1 Å². The van der Waals surface area contributed by atoms with Gasteiger partial charge < -0.3 is 4.57 Å². The van der Waals surface area contributed by atoms with Crippen LogP contribution in [0, 0.1) is 0 Å². The third kappa shape index (κ3) is 3.24. The fraction of sp³-hybridized carbons (Fsp3) is 0. The number of nitrogens with one attached hydrogen (secondary N) is 1. The van der Waals surface area contributed by atoms with Gasteiger partial charge in [0.05, 0.1) is 18.1 Å². The maximum Gasteiger partial charge on any atom is 0.272 e. The van der Waals surface area contributed by atoms with E-state index in [1.807, 2.05) is 35.0 Å². The van der Waals surface area contributed by atoms with E-state index in [0.29, 0.717) is 5.56 Å². The highest BCUT2D eigenvalue weighted by atomic mass is 16.2. The van der Waals surface area contributed by atoms with Gasteiger partial charge in [0.25, 0.3) is 5.91 Å². The molecule has 0 saturated carbocycles. The first kappa shape index (κ1) is 13.7. The van der Waals surface area contributed by atoms with Crippen molar-refractivity contribution in [2.75, 3.05) is 0 Å². The molecule has 2 aromatic heterocycles. The predicted octanol–water partition coefficient (Wildman–Crippen LogP) is 2.03. The number of benzene rings is 1. The van der Waals surface area contributed by atoms with E-state index in [1.165, 1.54) is 6.20 Å². The molecule has 0 aliphatic carbocycles. The zero-order valence-electron chi connectivity index (χ0n) is 11.6. The molecule has 2 heterocycles. The zero-order chi connectivity index (χ0) is 15.2. The van der Waals surface area contributed by atoms with Crippen molar-refractivity contribution in [3.63, 3.8) is 0 Å². The van der Waals surface area contributed by atoms with Crippen molar-refractivity contribution in [2.45, 2.75) is 0 Å². The molecule has 3 rings (SSSR count). The average molecular weight is 291 g/mol. The molecular weight excluding hydrogens is 278 g/mol. The Bertz CT molecular complexity index is 764. The molecule has 0 fully saturated rings. The minimum atomic E-state index is -0.292. The van der Waals surface area contributed by atoms with Crippen molar-refractivity contribution in [3.8, 4) is 5.69 Å². The van der Waals surface area contributed by atoms with Gasteiger partial charge in [-0.25, -0.2) is 10.4 Å². The molecule has 6 nitrogen and oxygen atoms in total. The fourth-order valence-electron chi connectivity index (χ4n) is 1.87. The lowest BCUT2D eigenvalue weighted by atomic mass is 10.2. The number of aromatic nitrogens is 3. The first-order valence-electron chi connectivity index (χ1n) is 6.65. The standard InChI is InChI=1S/C16H13N5O/c22-16(14-2-1-7-17-11-14)20-19-10-13-3-5-15(6-4-13)21-9-8-18-12-21/h1-12H,(H,20,22)/b19-10+. The molecular formula is C16H13N5O. The third-order valence-corrected chi connectivity index (χ3v) is 3.00. The molecule has 0 aliphatic heterocycles. The van der Waals surface area contributed by atoms with Crippen LogP contribution >= 0.6 is 0 Å². The van der Waals surface area contributed by atoms with Gasteiger partial charge in [0.2, 0.25) is 0 Å². The molecule has 0 aliphatic rings. The SMILES string of the molecule is O=C(N/N=C/c1ccc(-n2ccnc2)cc1)c1cccnc1.